The van der Waals surface area contributed by atoms with Gasteiger partial charge in [0.1, 0.15) is 0 Å². The van der Waals surface area contributed by atoms with Crippen molar-refractivity contribution in [3.05, 3.63) is 0 Å². The summed E-state index contributed by atoms with van der Waals surface area (Å²) in [4.78, 5) is 0. The Morgan fingerprint density at radius 1 is 1.78 bits per heavy atom. The van der Waals surface area contributed by atoms with Crippen LogP contribution in [0, 0.1) is 17.2 Å². The molecule has 1 aliphatic heterocycles. The van der Waals surface area contributed by atoms with E-state index in [1.165, 1.54) is 12.2 Å². The van der Waals surface area contributed by atoms with E-state index in [-0.39, 0.29) is 0 Å². The number of nitriles is 1. The molecule has 1 fully saturated rings. The van der Waals surface area contributed by atoms with E-state index in [1.54, 1.807) is 0 Å². The Bertz CT molecular complexity index is 127. The molecule has 2 atom stereocenters. The van der Waals surface area contributed by atoms with Gasteiger partial charge in [-0.1, -0.05) is 6.92 Å². The summed E-state index contributed by atoms with van der Waals surface area (Å²) in [7, 11) is 0. The Hall–Kier alpha value is -0.160. The fourth-order valence-electron chi connectivity index (χ4n) is 1.16. The van der Waals surface area contributed by atoms with Gasteiger partial charge in [-0.15, -0.1) is 0 Å². The van der Waals surface area contributed by atoms with Crippen molar-refractivity contribution in [3.8, 4) is 6.07 Å². The molecule has 0 N–H and O–H groups in total. The lowest BCUT2D eigenvalue weighted by Crippen LogP contribution is -2.05. The summed E-state index contributed by atoms with van der Waals surface area (Å²) < 4.78 is 0. The van der Waals surface area contributed by atoms with E-state index in [0.717, 1.165) is 11.7 Å². The SMILES string of the molecule is CC1SCCC1CC#N. The maximum absolute atomic E-state index is 8.39. The molecule has 50 valence electrons. The van der Waals surface area contributed by atoms with Crippen LogP contribution in [0.1, 0.15) is 19.8 Å². The van der Waals surface area contributed by atoms with Crippen molar-refractivity contribution in [1.82, 2.24) is 0 Å². The van der Waals surface area contributed by atoms with Crippen LogP contribution in [0.25, 0.3) is 0 Å². The molecule has 0 aliphatic carbocycles. The minimum absolute atomic E-state index is 0.681. The van der Waals surface area contributed by atoms with Crippen LogP contribution >= 0.6 is 11.8 Å². The topological polar surface area (TPSA) is 23.8 Å². The van der Waals surface area contributed by atoms with Gasteiger partial charge in [0.05, 0.1) is 6.07 Å². The maximum atomic E-state index is 8.39. The predicted molar refractivity (Wildman–Crippen MR) is 40.3 cm³/mol. The van der Waals surface area contributed by atoms with Crippen LogP contribution in [0.3, 0.4) is 0 Å². The van der Waals surface area contributed by atoms with Crippen molar-refractivity contribution in [2.45, 2.75) is 25.0 Å². The van der Waals surface area contributed by atoms with Gasteiger partial charge in [0.15, 0.2) is 0 Å². The molecule has 0 aromatic heterocycles. The van der Waals surface area contributed by atoms with Crippen LogP contribution in [-0.4, -0.2) is 11.0 Å². The van der Waals surface area contributed by atoms with Crippen LogP contribution in [0.5, 0.6) is 0 Å². The number of hydrogen-bond donors (Lipinski definition) is 0. The first-order chi connectivity index (χ1) is 4.34. The molecular weight excluding hydrogens is 130 g/mol. The second kappa shape index (κ2) is 3.12. The van der Waals surface area contributed by atoms with Gasteiger partial charge in [0.25, 0.3) is 0 Å². The highest BCUT2D eigenvalue weighted by atomic mass is 32.2. The number of nitrogens with zero attached hydrogens (tertiary/aromatic N) is 1. The highest BCUT2D eigenvalue weighted by Crippen LogP contribution is 2.33. The summed E-state index contributed by atoms with van der Waals surface area (Å²) >= 11 is 1.99. The third kappa shape index (κ3) is 1.62. The van der Waals surface area contributed by atoms with Crippen molar-refractivity contribution in [3.63, 3.8) is 0 Å². The molecule has 0 spiro atoms. The highest BCUT2D eigenvalue weighted by molar-refractivity contribution is 8.00. The summed E-state index contributed by atoms with van der Waals surface area (Å²) in [5.41, 5.74) is 0. The van der Waals surface area contributed by atoms with Crippen LogP contribution < -0.4 is 0 Å². The van der Waals surface area contributed by atoms with Gasteiger partial charge in [0, 0.05) is 11.7 Å². The van der Waals surface area contributed by atoms with Gasteiger partial charge in [-0.05, 0) is 18.1 Å². The molecule has 0 aromatic rings. The molecule has 2 heteroatoms. The van der Waals surface area contributed by atoms with E-state index >= 15 is 0 Å². The van der Waals surface area contributed by atoms with Crippen molar-refractivity contribution < 1.29 is 0 Å². The van der Waals surface area contributed by atoms with E-state index in [4.69, 9.17) is 5.26 Å². The largest absolute Gasteiger partial charge is 0.198 e. The van der Waals surface area contributed by atoms with Crippen molar-refractivity contribution in [1.29, 1.82) is 5.26 Å². The molecule has 9 heavy (non-hydrogen) atoms. The van der Waals surface area contributed by atoms with E-state index in [2.05, 4.69) is 13.0 Å². The quantitative estimate of drug-likeness (QED) is 0.558. The normalized spacial score (nSPS) is 34.2. The molecule has 0 saturated carbocycles. The molecule has 0 radical (unpaired) electrons. The average Bonchev–Trinajstić information content (AvgIpc) is 2.18. The summed E-state index contributed by atoms with van der Waals surface area (Å²) in [5.74, 6) is 1.94. The van der Waals surface area contributed by atoms with E-state index < -0.39 is 0 Å². The number of thioether (sulfide) groups is 1. The van der Waals surface area contributed by atoms with Crippen LogP contribution in [0.15, 0.2) is 0 Å². The van der Waals surface area contributed by atoms with Crippen LogP contribution in [0.2, 0.25) is 0 Å². The van der Waals surface area contributed by atoms with E-state index in [0.29, 0.717) is 5.92 Å². The first kappa shape index (κ1) is 6.95. The van der Waals surface area contributed by atoms with Gasteiger partial charge < -0.3 is 0 Å². The van der Waals surface area contributed by atoms with Gasteiger partial charge in [0.2, 0.25) is 0 Å². The molecule has 1 aliphatic rings. The molecule has 1 heterocycles. The van der Waals surface area contributed by atoms with Gasteiger partial charge in [-0.25, -0.2) is 0 Å². The average molecular weight is 141 g/mol. The molecule has 0 aromatic carbocycles. The van der Waals surface area contributed by atoms with Gasteiger partial charge >= 0.3 is 0 Å². The fourth-order valence-corrected chi connectivity index (χ4v) is 2.48. The molecule has 1 saturated heterocycles. The van der Waals surface area contributed by atoms with Crippen molar-refractivity contribution >= 4 is 11.8 Å². The molecule has 0 amide bonds. The van der Waals surface area contributed by atoms with Gasteiger partial charge in [-0.3, -0.25) is 0 Å². The molecule has 1 rings (SSSR count). The van der Waals surface area contributed by atoms with E-state index in [1.807, 2.05) is 11.8 Å². The lowest BCUT2D eigenvalue weighted by atomic mass is 10.0. The Balaban J connectivity index is 2.33. The maximum Gasteiger partial charge on any atom is 0.0625 e. The Kier molecular flexibility index (Phi) is 2.41. The third-order valence-corrected chi connectivity index (χ3v) is 3.27. The summed E-state index contributed by atoms with van der Waals surface area (Å²) in [6, 6.07) is 2.23. The van der Waals surface area contributed by atoms with Gasteiger partial charge in [-0.2, -0.15) is 17.0 Å². The Labute approximate surface area is 60.4 Å². The first-order valence-corrected chi connectivity index (χ1v) is 4.38. The molecule has 2 unspecified atom stereocenters. The fraction of sp³-hybridized carbons (Fsp3) is 0.857. The molecule has 0 bridgehead atoms. The van der Waals surface area contributed by atoms with Crippen molar-refractivity contribution in [2.75, 3.05) is 5.75 Å². The molecule has 1 nitrogen and oxygen atoms in total. The summed E-state index contributed by atoms with van der Waals surface area (Å²) in [5, 5.41) is 9.11. The minimum atomic E-state index is 0.681. The predicted octanol–water partition coefficient (Wildman–Crippen LogP) is 2.04. The second-order valence-electron chi connectivity index (χ2n) is 2.49. The van der Waals surface area contributed by atoms with Crippen LogP contribution in [-0.2, 0) is 0 Å². The zero-order chi connectivity index (χ0) is 6.69. The second-order valence-corrected chi connectivity index (χ2v) is 3.97. The summed E-state index contributed by atoms with van der Waals surface area (Å²) in [6.45, 7) is 2.22. The Morgan fingerprint density at radius 2 is 2.56 bits per heavy atom. The smallest absolute Gasteiger partial charge is 0.0625 e. The monoisotopic (exact) mass is 141 g/mol. The first-order valence-electron chi connectivity index (χ1n) is 3.33. The Morgan fingerprint density at radius 3 is 3.00 bits per heavy atom. The number of rotatable bonds is 1. The van der Waals surface area contributed by atoms with E-state index in [9.17, 15) is 0 Å². The zero-order valence-corrected chi connectivity index (χ0v) is 6.45. The minimum Gasteiger partial charge on any atom is -0.198 e. The lowest BCUT2D eigenvalue weighted by molar-refractivity contribution is 0.545. The lowest BCUT2D eigenvalue weighted by Gasteiger charge is -2.07. The number of hydrogen-bond acceptors (Lipinski definition) is 2. The third-order valence-electron chi connectivity index (χ3n) is 1.89. The summed E-state index contributed by atoms with van der Waals surface area (Å²) in [6.07, 6.45) is 2.01. The zero-order valence-electron chi connectivity index (χ0n) is 5.63. The molecular formula is C7H11NS. The van der Waals surface area contributed by atoms with Crippen LogP contribution in [0.4, 0.5) is 0 Å². The standard InChI is InChI=1S/C7H11NS/c1-6-7(2-4-8)3-5-9-6/h6-7H,2-3,5H2,1H3. The highest BCUT2D eigenvalue weighted by Gasteiger charge is 2.22. The van der Waals surface area contributed by atoms with Crippen molar-refractivity contribution in [2.24, 2.45) is 5.92 Å².